The largest absolute Gasteiger partial charge is 0.477 e. The summed E-state index contributed by atoms with van der Waals surface area (Å²) in [6, 6.07) is 18.1. The van der Waals surface area contributed by atoms with E-state index in [1.165, 1.54) is 16.9 Å². The molecule has 2 N–H and O–H groups in total. The number of thiophene rings is 1. The Morgan fingerprint density at radius 3 is 2.53 bits per heavy atom. The quantitative estimate of drug-likeness (QED) is 0.278. The molecule has 0 aliphatic rings. The summed E-state index contributed by atoms with van der Waals surface area (Å²) in [6.07, 6.45) is 1.07. The van der Waals surface area contributed by atoms with E-state index in [0.29, 0.717) is 29.1 Å². The third-order valence-corrected chi connectivity index (χ3v) is 6.83. The molecule has 4 aromatic rings. The maximum atomic E-state index is 11.1. The number of hydrogen-bond donors (Lipinski definition) is 2. The summed E-state index contributed by atoms with van der Waals surface area (Å²) >= 11 is 1.27. The molecule has 0 aliphatic heterocycles. The van der Waals surface area contributed by atoms with Crippen molar-refractivity contribution in [2.75, 3.05) is 5.32 Å². The van der Waals surface area contributed by atoms with E-state index in [0.717, 1.165) is 33.7 Å². The van der Waals surface area contributed by atoms with Gasteiger partial charge in [-0.15, -0.1) is 11.3 Å². The lowest BCUT2D eigenvalue weighted by Crippen LogP contribution is -2.00. The summed E-state index contributed by atoms with van der Waals surface area (Å²) in [7, 11) is 0. The van der Waals surface area contributed by atoms with Gasteiger partial charge in [-0.25, -0.2) is 4.79 Å². The molecule has 0 saturated carbocycles. The van der Waals surface area contributed by atoms with Gasteiger partial charge in [0.2, 0.25) is 11.7 Å². The van der Waals surface area contributed by atoms with Crippen LogP contribution >= 0.6 is 11.3 Å². The van der Waals surface area contributed by atoms with E-state index in [9.17, 15) is 4.79 Å². The van der Waals surface area contributed by atoms with Crippen LogP contribution in [-0.4, -0.2) is 21.2 Å². The lowest BCUT2D eigenvalue weighted by atomic mass is 9.97. The number of benzene rings is 2. The zero-order valence-electron chi connectivity index (χ0n) is 19.8. The number of rotatable bonds is 9. The molecule has 0 bridgehead atoms. The van der Waals surface area contributed by atoms with Crippen LogP contribution in [0.1, 0.15) is 63.8 Å². The molecule has 0 saturated heterocycles. The van der Waals surface area contributed by atoms with E-state index in [-0.39, 0.29) is 5.92 Å². The summed E-state index contributed by atoms with van der Waals surface area (Å²) in [5.41, 5.74) is 5.37. The average Bonchev–Trinajstić information content (AvgIpc) is 3.48. The first kappa shape index (κ1) is 23.7. The van der Waals surface area contributed by atoms with Crippen LogP contribution in [0, 0.1) is 12.8 Å². The van der Waals surface area contributed by atoms with Crippen molar-refractivity contribution in [2.45, 2.75) is 46.6 Å². The first-order valence-corrected chi connectivity index (χ1v) is 12.2. The van der Waals surface area contributed by atoms with Crippen molar-refractivity contribution in [1.82, 2.24) is 10.1 Å². The molecule has 0 radical (unpaired) electrons. The van der Waals surface area contributed by atoms with Gasteiger partial charge in [-0.05, 0) is 61.1 Å². The van der Waals surface area contributed by atoms with Crippen LogP contribution in [0.4, 0.5) is 5.69 Å². The highest BCUT2D eigenvalue weighted by Gasteiger charge is 2.18. The Balaban J connectivity index is 1.47. The third kappa shape index (κ3) is 5.54. The van der Waals surface area contributed by atoms with Crippen molar-refractivity contribution >= 4 is 23.0 Å². The highest BCUT2D eigenvalue weighted by Crippen LogP contribution is 2.28. The summed E-state index contributed by atoms with van der Waals surface area (Å²) in [4.78, 5) is 17.1. The molecule has 0 amide bonds. The Morgan fingerprint density at radius 1 is 1.09 bits per heavy atom. The smallest absolute Gasteiger partial charge is 0.345 e. The molecule has 6 nitrogen and oxygen atoms in total. The second kappa shape index (κ2) is 10.2. The van der Waals surface area contributed by atoms with E-state index in [1.807, 2.05) is 31.2 Å². The average molecular weight is 476 g/mol. The minimum absolute atomic E-state index is 0.000321. The molecule has 2 aromatic carbocycles. The predicted octanol–water partition coefficient (Wildman–Crippen LogP) is 6.77. The lowest BCUT2D eigenvalue weighted by Gasteiger charge is -2.10. The van der Waals surface area contributed by atoms with E-state index in [4.69, 9.17) is 9.63 Å². The molecule has 2 heterocycles. The zero-order chi connectivity index (χ0) is 24.2. The summed E-state index contributed by atoms with van der Waals surface area (Å²) in [5, 5.41) is 16.7. The minimum atomic E-state index is -0.900. The molecule has 1 unspecified atom stereocenters. The Bertz CT molecular complexity index is 1270. The number of carboxylic acids is 1. The summed E-state index contributed by atoms with van der Waals surface area (Å²) in [6.45, 7) is 9.09. The molecule has 4 rings (SSSR count). The highest BCUT2D eigenvalue weighted by atomic mass is 32.1. The van der Waals surface area contributed by atoms with Crippen LogP contribution in [0.5, 0.6) is 0 Å². The van der Waals surface area contributed by atoms with Gasteiger partial charge in [-0.3, -0.25) is 0 Å². The number of nitrogens with one attached hydrogen (secondary N) is 1. The van der Waals surface area contributed by atoms with Crippen LogP contribution in [0.2, 0.25) is 0 Å². The van der Waals surface area contributed by atoms with Gasteiger partial charge >= 0.3 is 5.97 Å². The first-order valence-electron chi connectivity index (χ1n) is 11.4. The summed E-state index contributed by atoms with van der Waals surface area (Å²) < 4.78 is 5.62. The predicted molar refractivity (Wildman–Crippen MR) is 136 cm³/mol. The summed E-state index contributed by atoms with van der Waals surface area (Å²) in [5.74, 6) is 0.859. The fourth-order valence-corrected chi connectivity index (χ4v) is 4.59. The van der Waals surface area contributed by atoms with Crippen molar-refractivity contribution in [1.29, 1.82) is 0 Å². The van der Waals surface area contributed by atoms with Crippen LogP contribution in [0.15, 0.2) is 59.1 Å². The standard InChI is InChI=1S/C27H29N3O3S/c1-16(2)13-19-6-9-20(10-7-19)18(4)26-29-25(30-33-26)21-8-5-17(3)23(14-21)28-15-22-11-12-24(34-22)27(31)32/h5-12,14,16,18,28H,13,15H2,1-4H3,(H,31,32). The normalized spacial score (nSPS) is 12.1. The Morgan fingerprint density at radius 2 is 1.85 bits per heavy atom. The SMILES string of the molecule is Cc1ccc(-c2noc(C(C)c3ccc(CC(C)C)cc3)n2)cc1NCc1ccc(C(=O)O)s1. The van der Waals surface area contributed by atoms with Gasteiger partial charge in [0.15, 0.2) is 0 Å². The molecule has 0 aliphatic carbocycles. The van der Waals surface area contributed by atoms with Gasteiger partial charge in [-0.1, -0.05) is 55.4 Å². The van der Waals surface area contributed by atoms with E-state index in [2.05, 4.69) is 60.5 Å². The molecule has 34 heavy (non-hydrogen) atoms. The van der Waals surface area contributed by atoms with Crippen molar-refractivity contribution in [3.05, 3.63) is 86.9 Å². The van der Waals surface area contributed by atoms with Gasteiger partial charge < -0.3 is 14.9 Å². The van der Waals surface area contributed by atoms with Crippen LogP contribution in [0.3, 0.4) is 0 Å². The zero-order valence-corrected chi connectivity index (χ0v) is 20.6. The van der Waals surface area contributed by atoms with Crippen LogP contribution in [0.25, 0.3) is 11.4 Å². The molecule has 0 fully saturated rings. The molecule has 2 aromatic heterocycles. The van der Waals surface area contributed by atoms with Gasteiger partial charge in [0.1, 0.15) is 4.88 Å². The molecule has 1 atom stereocenters. The number of aromatic nitrogens is 2. The fourth-order valence-electron chi connectivity index (χ4n) is 3.81. The van der Waals surface area contributed by atoms with E-state index in [1.54, 1.807) is 6.07 Å². The van der Waals surface area contributed by atoms with Crippen LogP contribution in [-0.2, 0) is 13.0 Å². The second-order valence-electron chi connectivity index (χ2n) is 8.97. The van der Waals surface area contributed by atoms with Crippen molar-refractivity contribution in [3.63, 3.8) is 0 Å². The number of aryl methyl sites for hydroxylation is 1. The lowest BCUT2D eigenvalue weighted by molar-refractivity contribution is 0.0702. The Kier molecular flexibility index (Phi) is 7.12. The maximum Gasteiger partial charge on any atom is 0.345 e. The number of hydrogen-bond acceptors (Lipinski definition) is 6. The van der Waals surface area contributed by atoms with Crippen molar-refractivity contribution < 1.29 is 14.4 Å². The van der Waals surface area contributed by atoms with Crippen molar-refractivity contribution in [3.8, 4) is 11.4 Å². The number of nitrogens with zero attached hydrogens (tertiary/aromatic N) is 2. The van der Waals surface area contributed by atoms with Crippen molar-refractivity contribution in [2.24, 2.45) is 5.92 Å². The molecule has 0 spiro atoms. The van der Waals surface area contributed by atoms with Gasteiger partial charge in [0.05, 0.1) is 5.92 Å². The first-order chi connectivity index (χ1) is 16.3. The third-order valence-electron chi connectivity index (χ3n) is 5.76. The number of aromatic carboxylic acids is 1. The molecular weight excluding hydrogens is 446 g/mol. The highest BCUT2D eigenvalue weighted by molar-refractivity contribution is 7.13. The van der Waals surface area contributed by atoms with Gasteiger partial charge in [0, 0.05) is 22.7 Å². The maximum absolute atomic E-state index is 11.1. The monoisotopic (exact) mass is 475 g/mol. The second-order valence-corrected chi connectivity index (χ2v) is 10.1. The number of carbonyl (C=O) groups is 1. The van der Waals surface area contributed by atoms with Gasteiger partial charge in [0.25, 0.3) is 0 Å². The van der Waals surface area contributed by atoms with E-state index >= 15 is 0 Å². The minimum Gasteiger partial charge on any atom is -0.477 e. The molecule has 176 valence electrons. The number of anilines is 1. The van der Waals surface area contributed by atoms with E-state index < -0.39 is 5.97 Å². The van der Waals surface area contributed by atoms with Gasteiger partial charge in [-0.2, -0.15) is 4.98 Å². The fraction of sp³-hybridized carbons (Fsp3) is 0.296. The molecule has 7 heteroatoms. The number of carboxylic acid groups (broad SMARTS) is 1. The van der Waals surface area contributed by atoms with Crippen LogP contribution < -0.4 is 5.32 Å². The Labute approximate surface area is 203 Å². The Hall–Kier alpha value is -3.45. The topological polar surface area (TPSA) is 88.3 Å². The molecular formula is C27H29N3O3S.